The highest BCUT2D eigenvalue weighted by atomic mass is 35.5. The van der Waals surface area contributed by atoms with E-state index in [-0.39, 0.29) is 35.8 Å². The monoisotopic (exact) mass is 412 g/mol. The molecule has 28 heavy (non-hydrogen) atoms. The van der Waals surface area contributed by atoms with Gasteiger partial charge in [0.1, 0.15) is 11.6 Å². The molecule has 1 heterocycles. The molecule has 2 aromatic rings. The molecule has 1 amide bonds. The molecule has 3 rings (SSSR count). The van der Waals surface area contributed by atoms with E-state index in [0.717, 1.165) is 5.56 Å². The highest BCUT2D eigenvalue weighted by Gasteiger charge is 2.18. The van der Waals surface area contributed by atoms with Gasteiger partial charge in [-0.05, 0) is 48.4 Å². The minimum atomic E-state index is -0.499. The van der Waals surface area contributed by atoms with Crippen LogP contribution < -0.4 is 10.6 Å². The fourth-order valence-corrected chi connectivity index (χ4v) is 2.98. The summed E-state index contributed by atoms with van der Waals surface area (Å²) in [6.07, 6.45) is 0.574. The van der Waals surface area contributed by atoms with Crippen molar-refractivity contribution in [3.63, 3.8) is 0 Å². The second-order valence-corrected chi connectivity index (χ2v) is 6.30. The summed E-state index contributed by atoms with van der Waals surface area (Å²) in [4.78, 5) is 12.5. The first-order valence-electron chi connectivity index (χ1n) is 8.77. The molecule has 1 aliphatic rings. The summed E-state index contributed by atoms with van der Waals surface area (Å²) in [6.45, 7) is 2.06. The number of fused-ring (bicyclic) bond motifs is 1. The first kappa shape index (κ1) is 22.2. The van der Waals surface area contributed by atoms with Gasteiger partial charge in [-0.3, -0.25) is 4.79 Å². The maximum absolute atomic E-state index is 14.7. The smallest absolute Gasteiger partial charge is 0.255 e. The molecular weight excluding hydrogens is 390 g/mol. The molecule has 0 bridgehead atoms. The lowest BCUT2D eigenvalue weighted by molar-refractivity contribution is 0.0604. The van der Waals surface area contributed by atoms with Crippen molar-refractivity contribution in [2.24, 2.45) is 0 Å². The Morgan fingerprint density at radius 1 is 1.21 bits per heavy atom. The highest BCUT2D eigenvalue weighted by molar-refractivity contribution is 6.04. The fourth-order valence-electron chi connectivity index (χ4n) is 2.98. The Morgan fingerprint density at radius 3 is 2.82 bits per heavy atom. The van der Waals surface area contributed by atoms with Crippen LogP contribution in [-0.4, -0.2) is 32.8 Å². The molecular formula is C20H23ClF2N2O3. The van der Waals surface area contributed by atoms with Gasteiger partial charge in [0.2, 0.25) is 0 Å². The molecule has 0 saturated heterocycles. The average Bonchev–Trinajstić information content (AvgIpc) is 2.69. The van der Waals surface area contributed by atoms with Gasteiger partial charge < -0.3 is 20.1 Å². The topological polar surface area (TPSA) is 59.6 Å². The van der Waals surface area contributed by atoms with Crippen LogP contribution >= 0.6 is 12.4 Å². The molecule has 8 heteroatoms. The van der Waals surface area contributed by atoms with Crippen molar-refractivity contribution in [2.75, 3.05) is 32.2 Å². The van der Waals surface area contributed by atoms with Gasteiger partial charge in [0.15, 0.2) is 0 Å². The maximum Gasteiger partial charge on any atom is 0.255 e. The molecule has 0 radical (unpaired) electrons. The number of carbonyl (C=O) groups is 1. The van der Waals surface area contributed by atoms with Crippen LogP contribution in [0.1, 0.15) is 27.0 Å². The summed E-state index contributed by atoms with van der Waals surface area (Å²) in [6, 6.07) is 7.34. The minimum Gasteiger partial charge on any atom is -0.382 e. The van der Waals surface area contributed by atoms with Crippen LogP contribution in [0.15, 0.2) is 30.3 Å². The summed E-state index contributed by atoms with van der Waals surface area (Å²) >= 11 is 0. The molecule has 0 spiro atoms. The number of nitrogens with one attached hydrogen (secondary N) is 2. The highest BCUT2D eigenvalue weighted by Crippen LogP contribution is 2.25. The van der Waals surface area contributed by atoms with Gasteiger partial charge in [0.25, 0.3) is 5.91 Å². The van der Waals surface area contributed by atoms with Gasteiger partial charge in [0, 0.05) is 24.8 Å². The number of benzene rings is 2. The first-order chi connectivity index (χ1) is 13.1. The van der Waals surface area contributed by atoms with Crippen LogP contribution in [0.3, 0.4) is 0 Å². The van der Waals surface area contributed by atoms with E-state index in [2.05, 4.69) is 10.6 Å². The summed E-state index contributed by atoms with van der Waals surface area (Å²) in [5.41, 5.74) is 2.14. The van der Waals surface area contributed by atoms with E-state index in [0.29, 0.717) is 38.3 Å². The van der Waals surface area contributed by atoms with Gasteiger partial charge in [0.05, 0.1) is 25.5 Å². The van der Waals surface area contributed by atoms with Crippen molar-refractivity contribution in [2.45, 2.75) is 19.6 Å². The number of hydrogen-bond donors (Lipinski definition) is 2. The zero-order chi connectivity index (χ0) is 19.2. The number of methoxy groups -OCH3 is 1. The molecule has 0 saturated carbocycles. The number of carbonyl (C=O) groups excluding carboxylic acids is 1. The normalized spacial score (nSPS) is 12.8. The van der Waals surface area contributed by atoms with Crippen molar-refractivity contribution in [3.8, 4) is 0 Å². The SMILES string of the molecule is COCCOCc1cc(C(=O)Nc2ccc3c(c2F)CCNC3)ccc1F.Cl. The van der Waals surface area contributed by atoms with Gasteiger partial charge in [-0.1, -0.05) is 6.07 Å². The van der Waals surface area contributed by atoms with Crippen molar-refractivity contribution >= 4 is 24.0 Å². The number of rotatable bonds is 7. The third-order valence-corrected chi connectivity index (χ3v) is 4.45. The quantitative estimate of drug-likeness (QED) is 0.684. The molecule has 0 aromatic heterocycles. The lowest BCUT2D eigenvalue weighted by Crippen LogP contribution is -2.25. The van der Waals surface area contributed by atoms with Gasteiger partial charge in [-0.2, -0.15) is 0 Å². The average molecular weight is 413 g/mol. The van der Waals surface area contributed by atoms with E-state index >= 15 is 0 Å². The zero-order valence-electron chi connectivity index (χ0n) is 15.5. The summed E-state index contributed by atoms with van der Waals surface area (Å²) in [5.74, 6) is -1.37. The van der Waals surface area contributed by atoms with Crippen LogP contribution in [0, 0.1) is 11.6 Å². The lowest BCUT2D eigenvalue weighted by Gasteiger charge is -2.19. The predicted molar refractivity (Wildman–Crippen MR) is 105 cm³/mol. The van der Waals surface area contributed by atoms with Crippen LogP contribution in [0.25, 0.3) is 0 Å². The second kappa shape index (κ2) is 10.5. The van der Waals surface area contributed by atoms with Gasteiger partial charge in [-0.15, -0.1) is 12.4 Å². The van der Waals surface area contributed by atoms with E-state index < -0.39 is 17.5 Å². The number of ether oxygens (including phenoxy) is 2. The number of hydrogen-bond acceptors (Lipinski definition) is 4. The van der Waals surface area contributed by atoms with Crippen LogP contribution in [0.5, 0.6) is 0 Å². The van der Waals surface area contributed by atoms with Crippen LogP contribution in [0.2, 0.25) is 0 Å². The third kappa shape index (κ3) is 5.26. The Hall–Kier alpha value is -2.06. The van der Waals surface area contributed by atoms with E-state index in [1.54, 1.807) is 19.2 Å². The largest absolute Gasteiger partial charge is 0.382 e. The Kier molecular flexibility index (Phi) is 8.32. The Balaban J connectivity index is 0.00000280. The van der Waals surface area contributed by atoms with Crippen molar-refractivity contribution in [3.05, 3.63) is 64.2 Å². The lowest BCUT2D eigenvalue weighted by atomic mass is 9.99. The van der Waals surface area contributed by atoms with E-state index in [4.69, 9.17) is 9.47 Å². The van der Waals surface area contributed by atoms with E-state index in [1.807, 2.05) is 0 Å². The van der Waals surface area contributed by atoms with Crippen molar-refractivity contribution in [1.82, 2.24) is 5.32 Å². The molecule has 1 aliphatic heterocycles. The molecule has 5 nitrogen and oxygen atoms in total. The number of halogens is 3. The number of amides is 1. The molecule has 0 unspecified atom stereocenters. The molecule has 0 atom stereocenters. The van der Waals surface area contributed by atoms with Crippen molar-refractivity contribution in [1.29, 1.82) is 0 Å². The predicted octanol–water partition coefficient (Wildman–Crippen LogP) is 3.45. The molecule has 0 fully saturated rings. The minimum absolute atomic E-state index is 0. The van der Waals surface area contributed by atoms with Crippen LogP contribution in [0.4, 0.5) is 14.5 Å². The van der Waals surface area contributed by atoms with E-state index in [1.165, 1.54) is 18.2 Å². The Morgan fingerprint density at radius 2 is 2.04 bits per heavy atom. The molecule has 0 aliphatic carbocycles. The molecule has 2 aromatic carbocycles. The molecule has 152 valence electrons. The zero-order valence-corrected chi connectivity index (χ0v) is 16.3. The summed E-state index contributed by atoms with van der Waals surface area (Å²) < 4.78 is 38.8. The molecule has 2 N–H and O–H groups in total. The van der Waals surface area contributed by atoms with Crippen molar-refractivity contribution < 1.29 is 23.0 Å². The van der Waals surface area contributed by atoms with Crippen LogP contribution in [-0.2, 0) is 29.0 Å². The Bertz CT molecular complexity index is 833. The standard InChI is InChI=1S/C20H22F2N2O3.ClH/c1-26-8-9-27-12-15-10-13(2-4-17(15)21)20(25)24-18-5-3-14-11-23-7-6-16(14)19(18)22;/h2-5,10,23H,6-9,11-12H2,1H3,(H,24,25);1H. The first-order valence-corrected chi connectivity index (χ1v) is 8.77. The fraction of sp³-hybridized carbons (Fsp3) is 0.350. The maximum atomic E-state index is 14.7. The van der Waals surface area contributed by atoms with Gasteiger partial charge >= 0.3 is 0 Å². The van der Waals surface area contributed by atoms with Gasteiger partial charge in [-0.25, -0.2) is 8.78 Å². The summed E-state index contributed by atoms with van der Waals surface area (Å²) in [5, 5.41) is 5.76. The number of anilines is 1. The van der Waals surface area contributed by atoms with E-state index in [9.17, 15) is 13.6 Å². The second-order valence-electron chi connectivity index (χ2n) is 6.30. The Labute approximate surface area is 168 Å². The summed E-state index contributed by atoms with van der Waals surface area (Å²) in [7, 11) is 1.55. The third-order valence-electron chi connectivity index (χ3n) is 4.45.